The van der Waals surface area contributed by atoms with Crippen molar-refractivity contribution >= 4 is 11.1 Å². The fraction of sp³-hybridized carbons (Fsp3) is 0.562. The van der Waals surface area contributed by atoms with Crippen molar-refractivity contribution < 1.29 is 13.9 Å². The third-order valence-corrected chi connectivity index (χ3v) is 4.26. The van der Waals surface area contributed by atoms with Crippen LogP contribution in [0.5, 0.6) is 0 Å². The quantitative estimate of drug-likeness (QED) is 0.940. The minimum absolute atomic E-state index is 0.162. The summed E-state index contributed by atoms with van der Waals surface area (Å²) < 4.78 is 18.8. The smallest absolute Gasteiger partial charge is 0.209 e. The lowest BCUT2D eigenvalue weighted by Gasteiger charge is -2.37. The summed E-state index contributed by atoms with van der Waals surface area (Å²) in [6, 6.07) is 4.54. The van der Waals surface area contributed by atoms with Crippen LogP contribution in [0.15, 0.2) is 22.6 Å². The number of likely N-dealkylation sites (tertiary alicyclic amines) is 1. The van der Waals surface area contributed by atoms with Crippen LogP contribution >= 0.6 is 0 Å². The van der Waals surface area contributed by atoms with E-state index in [2.05, 4.69) is 9.88 Å². The van der Waals surface area contributed by atoms with Gasteiger partial charge >= 0.3 is 0 Å². The number of aromatic nitrogens is 1. The molecule has 1 aromatic carbocycles. The van der Waals surface area contributed by atoms with Gasteiger partial charge in [0.2, 0.25) is 5.89 Å². The molecule has 114 valence electrons. The van der Waals surface area contributed by atoms with Gasteiger partial charge in [-0.15, -0.1) is 0 Å². The van der Waals surface area contributed by atoms with Crippen LogP contribution in [-0.4, -0.2) is 33.7 Å². The molecule has 0 saturated carbocycles. The van der Waals surface area contributed by atoms with Gasteiger partial charge in [0.15, 0.2) is 5.58 Å². The molecule has 0 amide bonds. The van der Waals surface area contributed by atoms with Gasteiger partial charge < -0.3 is 9.52 Å². The minimum Gasteiger partial charge on any atom is -0.439 e. The Morgan fingerprint density at radius 2 is 2.33 bits per heavy atom. The lowest BCUT2D eigenvalue weighted by Crippen LogP contribution is -2.46. The molecule has 1 saturated heterocycles. The largest absolute Gasteiger partial charge is 0.439 e. The first-order valence-corrected chi connectivity index (χ1v) is 7.64. The summed E-state index contributed by atoms with van der Waals surface area (Å²) in [5.41, 5.74) is 1.16. The van der Waals surface area contributed by atoms with Gasteiger partial charge in [-0.05, 0) is 37.9 Å². The van der Waals surface area contributed by atoms with Gasteiger partial charge in [-0.2, -0.15) is 0 Å². The predicted octanol–water partition coefficient (Wildman–Crippen LogP) is 3.09. The second-order valence-electron chi connectivity index (χ2n) is 5.73. The van der Waals surface area contributed by atoms with Crippen LogP contribution in [-0.2, 0) is 6.54 Å². The summed E-state index contributed by atoms with van der Waals surface area (Å²) in [5.74, 6) is 0.272. The minimum atomic E-state index is -0.317. The molecular weight excluding hydrogens is 271 g/mol. The maximum Gasteiger partial charge on any atom is 0.209 e. The molecule has 1 fully saturated rings. The highest BCUT2D eigenvalue weighted by molar-refractivity contribution is 5.72. The highest BCUT2D eigenvalue weighted by atomic mass is 19.1. The van der Waals surface area contributed by atoms with Gasteiger partial charge in [-0.3, -0.25) is 4.90 Å². The van der Waals surface area contributed by atoms with Crippen molar-refractivity contribution in [2.45, 2.75) is 51.3 Å². The lowest BCUT2D eigenvalue weighted by molar-refractivity contribution is 0.0157. The van der Waals surface area contributed by atoms with Crippen LogP contribution in [0.25, 0.3) is 11.1 Å². The standard InChI is InChI=1S/C16H21FN2O2/c1-2-14(20)13-5-3-4-8-19(13)10-16-18-12-7-6-11(17)9-15(12)21-16/h6-7,9,13-14,20H,2-5,8,10H2,1H3. The Kier molecular flexibility index (Phi) is 4.22. The van der Waals surface area contributed by atoms with Crippen molar-refractivity contribution in [3.8, 4) is 0 Å². The van der Waals surface area contributed by atoms with Crippen molar-refractivity contribution in [1.29, 1.82) is 0 Å². The number of fused-ring (bicyclic) bond motifs is 1. The molecule has 4 nitrogen and oxygen atoms in total. The highest BCUT2D eigenvalue weighted by Gasteiger charge is 2.28. The zero-order chi connectivity index (χ0) is 14.8. The Labute approximate surface area is 123 Å². The van der Waals surface area contributed by atoms with Gasteiger partial charge in [0.1, 0.15) is 11.3 Å². The molecule has 2 heterocycles. The average molecular weight is 292 g/mol. The molecule has 1 aliphatic heterocycles. The number of benzene rings is 1. The van der Waals surface area contributed by atoms with Crippen molar-refractivity contribution in [1.82, 2.24) is 9.88 Å². The van der Waals surface area contributed by atoms with Crippen molar-refractivity contribution in [3.63, 3.8) is 0 Å². The number of hydrogen-bond acceptors (Lipinski definition) is 4. The monoisotopic (exact) mass is 292 g/mol. The van der Waals surface area contributed by atoms with Crippen molar-refractivity contribution in [2.24, 2.45) is 0 Å². The van der Waals surface area contributed by atoms with Gasteiger partial charge in [-0.1, -0.05) is 13.3 Å². The number of aliphatic hydroxyl groups is 1. The molecule has 1 aliphatic rings. The summed E-state index contributed by atoms with van der Waals surface area (Å²) in [5, 5.41) is 10.2. The maximum absolute atomic E-state index is 13.2. The maximum atomic E-state index is 13.2. The first-order valence-electron chi connectivity index (χ1n) is 7.64. The molecular formula is C16H21FN2O2. The Bertz CT molecular complexity index is 613. The summed E-state index contributed by atoms with van der Waals surface area (Å²) in [7, 11) is 0. The Morgan fingerprint density at radius 3 is 3.14 bits per heavy atom. The SMILES string of the molecule is CCC(O)C1CCCCN1Cc1nc2ccc(F)cc2o1. The molecule has 2 aromatic rings. The topological polar surface area (TPSA) is 49.5 Å². The van der Waals surface area contributed by atoms with E-state index in [0.29, 0.717) is 23.5 Å². The Morgan fingerprint density at radius 1 is 1.48 bits per heavy atom. The molecule has 0 spiro atoms. The zero-order valence-corrected chi connectivity index (χ0v) is 12.3. The second kappa shape index (κ2) is 6.12. The molecule has 1 aromatic heterocycles. The molecule has 5 heteroatoms. The normalized spacial score (nSPS) is 21.8. The third kappa shape index (κ3) is 3.09. The highest BCUT2D eigenvalue weighted by Crippen LogP contribution is 2.24. The molecule has 1 N–H and O–H groups in total. The van der Waals surface area contributed by atoms with Gasteiger partial charge in [0, 0.05) is 12.1 Å². The van der Waals surface area contributed by atoms with Crippen LogP contribution in [0.3, 0.4) is 0 Å². The number of halogens is 1. The number of piperidine rings is 1. The molecule has 2 atom stereocenters. The van der Waals surface area contributed by atoms with Gasteiger partial charge in [0.05, 0.1) is 12.6 Å². The second-order valence-corrected chi connectivity index (χ2v) is 5.73. The van der Waals surface area contributed by atoms with E-state index >= 15 is 0 Å². The fourth-order valence-corrected chi connectivity index (χ4v) is 3.11. The molecule has 21 heavy (non-hydrogen) atoms. The predicted molar refractivity (Wildman–Crippen MR) is 78.3 cm³/mol. The van der Waals surface area contributed by atoms with Crippen LogP contribution < -0.4 is 0 Å². The summed E-state index contributed by atoms with van der Waals surface area (Å²) in [6.07, 6.45) is 3.72. The van der Waals surface area contributed by atoms with Crippen molar-refractivity contribution in [2.75, 3.05) is 6.54 Å². The zero-order valence-electron chi connectivity index (χ0n) is 12.3. The molecule has 2 unspecified atom stereocenters. The van der Waals surface area contributed by atoms with Crippen LogP contribution in [0.4, 0.5) is 4.39 Å². The summed E-state index contributed by atoms with van der Waals surface area (Å²) in [6.45, 7) is 3.51. The first-order chi connectivity index (χ1) is 10.2. The van der Waals surface area contributed by atoms with Crippen LogP contribution in [0, 0.1) is 5.82 Å². The number of oxazole rings is 1. The van der Waals surface area contributed by atoms with Crippen LogP contribution in [0.2, 0.25) is 0 Å². The van der Waals surface area contributed by atoms with E-state index in [4.69, 9.17) is 4.42 Å². The van der Waals surface area contributed by atoms with E-state index in [1.807, 2.05) is 6.92 Å². The van der Waals surface area contributed by atoms with E-state index in [0.717, 1.165) is 32.2 Å². The number of rotatable bonds is 4. The molecule has 0 radical (unpaired) electrons. The lowest BCUT2D eigenvalue weighted by atomic mass is 9.96. The van der Waals surface area contributed by atoms with E-state index < -0.39 is 0 Å². The third-order valence-electron chi connectivity index (χ3n) is 4.26. The van der Waals surface area contributed by atoms with Gasteiger partial charge in [0.25, 0.3) is 0 Å². The molecule has 0 bridgehead atoms. The molecule has 3 rings (SSSR count). The van der Waals surface area contributed by atoms with E-state index in [-0.39, 0.29) is 18.0 Å². The average Bonchev–Trinajstić information content (AvgIpc) is 2.88. The summed E-state index contributed by atoms with van der Waals surface area (Å²) in [4.78, 5) is 6.65. The molecule has 0 aliphatic carbocycles. The van der Waals surface area contributed by atoms with E-state index in [1.54, 1.807) is 6.07 Å². The first kappa shape index (κ1) is 14.5. The van der Waals surface area contributed by atoms with E-state index in [1.165, 1.54) is 12.1 Å². The Balaban J connectivity index is 1.79. The van der Waals surface area contributed by atoms with Gasteiger partial charge in [-0.25, -0.2) is 9.37 Å². The Hall–Kier alpha value is -1.46. The number of nitrogens with zero attached hydrogens (tertiary/aromatic N) is 2. The summed E-state index contributed by atoms with van der Waals surface area (Å²) >= 11 is 0. The van der Waals surface area contributed by atoms with E-state index in [9.17, 15) is 9.50 Å². The fourth-order valence-electron chi connectivity index (χ4n) is 3.11. The van der Waals surface area contributed by atoms with Crippen LogP contribution in [0.1, 0.15) is 38.5 Å². The number of aliphatic hydroxyl groups excluding tert-OH is 1. The van der Waals surface area contributed by atoms with Crippen molar-refractivity contribution in [3.05, 3.63) is 29.9 Å². The number of hydrogen-bond donors (Lipinski definition) is 1.